The molecule has 0 saturated carbocycles. The Hall–Kier alpha value is -0.760. The number of aliphatic hydroxyl groups excluding tert-OH is 1. The van der Waals surface area contributed by atoms with Crippen molar-refractivity contribution in [1.29, 1.82) is 0 Å². The van der Waals surface area contributed by atoms with E-state index in [4.69, 9.17) is 9.05 Å². The third kappa shape index (κ3) is 26.2. The van der Waals surface area contributed by atoms with Gasteiger partial charge >= 0.3 is 0 Å². The Balaban J connectivity index is 4.64. The van der Waals surface area contributed by atoms with Crippen LogP contribution in [0.25, 0.3) is 0 Å². The Labute approximate surface area is 246 Å². The molecule has 0 fully saturated rings. The molecule has 0 aliphatic rings. The summed E-state index contributed by atoms with van der Waals surface area (Å²) in [6.45, 7) is 4.55. The summed E-state index contributed by atoms with van der Waals surface area (Å²) in [5, 5.41) is 13.5. The highest BCUT2D eigenvalue weighted by molar-refractivity contribution is 7.45. The number of carbonyl (C=O) groups excluding carboxylic acids is 1. The highest BCUT2D eigenvalue weighted by Crippen LogP contribution is 2.38. The Morgan fingerprint density at radius 1 is 0.850 bits per heavy atom. The van der Waals surface area contributed by atoms with E-state index in [-0.39, 0.29) is 19.1 Å². The lowest BCUT2D eigenvalue weighted by Gasteiger charge is -2.29. The molecule has 0 spiro atoms. The minimum atomic E-state index is -4.56. The number of rotatable bonds is 28. The first kappa shape index (κ1) is 39.2. The van der Waals surface area contributed by atoms with Crippen LogP contribution in [0.15, 0.2) is 12.2 Å². The number of allylic oxidation sites excluding steroid dienone is 1. The minimum absolute atomic E-state index is 0.000750. The van der Waals surface area contributed by atoms with E-state index in [9.17, 15) is 19.4 Å². The number of quaternary nitrogens is 1. The molecule has 0 bridgehead atoms. The van der Waals surface area contributed by atoms with Crippen molar-refractivity contribution in [1.82, 2.24) is 5.32 Å². The number of carbonyl (C=O) groups is 1. The van der Waals surface area contributed by atoms with E-state index in [1.807, 2.05) is 27.2 Å². The van der Waals surface area contributed by atoms with Crippen LogP contribution in [0.3, 0.4) is 0 Å². The minimum Gasteiger partial charge on any atom is -0.756 e. The molecule has 0 rings (SSSR count). The molecule has 1 amide bonds. The molecule has 0 aliphatic heterocycles. The lowest BCUT2D eigenvalue weighted by atomic mass is 10.1. The van der Waals surface area contributed by atoms with Gasteiger partial charge in [0.1, 0.15) is 13.2 Å². The molecule has 0 radical (unpaired) electrons. The average Bonchev–Trinajstić information content (AvgIpc) is 2.88. The van der Waals surface area contributed by atoms with Gasteiger partial charge < -0.3 is 28.8 Å². The fraction of sp³-hybridized carbons (Fsp3) is 0.903. The van der Waals surface area contributed by atoms with Gasteiger partial charge in [-0.25, -0.2) is 0 Å². The molecular weight excluding hydrogens is 527 g/mol. The number of likely N-dealkylation sites (N-methyl/N-ethyl adjacent to an activating group) is 1. The van der Waals surface area contributed by atoms with E-state index in [2.05, 4.69) is 19.2 Å². The summed E-state index contributed by atoms with van der Waals surface area (Å²) in [7, 11) is 1.26. The molecular formula is C31H63N2O6P. The summed E-state index contributed by atoms with van der Waals surface area (Å²) >= 11 is 0. The second-order valence-electron chi connectivity index (χ2n) is 12.2. The maximum Gasteiger partial charge on any atom is 0.268 e. The number of nitrogens with zero attached hydrogens (tertiary/aromatic N) is 1. The van der Waals surface area contributed by atoms with E-state index >= 15 is 0 Å². The lowest BCUT2D eigenvalue weighted by Crippen LogP contribution is -2.45. The summed E-state index contributed by atoms with van der Waals surface area (Å²) in [4.78, 5) is 24.9. The van der Waals surface area contributed by atoms with E-state index in [0.29, 0.717) is 17.4 Å². The van der Waals surface area contributed by atoms with Gasteiger partial charge in [0.15, 0.2) is 0 Å². The third-order valence-electron chi connectivity index (χ3n) is 7.00. The molecule has 8 nitrogen and oxygen atoms in total. The molecule has 0 heterocycles. The number of phosphoric acid groups is 1. The van der Waals surface area contributed by atoms with Crippen LogP contribution < -0.4 is 10.2 Å². The number of aliphatic hydroxyl groups is 1. The summed E-state index contributed by atoms with van der Waals surface area (Å²) < 4.78 is 22.9. The summed E-state index contributed by atoms with van der Waals surface area (Å²) in [5.74, 6) is -0.205. The van der Waals surface area contributed by atoms with Crippen molar-refractivity contribution in [3.05, 3.63) is 12.2 Å². The molecule has 238 valence electrons. The Morgan fingerprint density at radius 3 is 1.88 bits per heavy atom. The van der Waals surface area contributed by atoms with Crippen LogP contribution in [-0.4, -0.2) is 68.5 Å². The third-order valence-corrected chi connectivity index (χ3v) is 7.96. The van der Waals surface area contributed by atoms with Gasteiger partial charge in [-0.3, -0.25) is 9.36 Å². The number of amides is 1. The van der Waals surface area contributed by atoms with Crippen molar-refractivity contribution in [3.8, 4) is 0 Å². The van der Waals surface area contributed by atoms with Crippen LogP contribution in [-0.2, 0) is 18.4 Å². The topological polar surface area (TPSA) is 108 Å². The first-order valence-corrected chi connectivity index (χ1v) is 17.5. The molecule has 3 atom stereocenters. The zero-order chi connectivity index (χ0) is 30.1. The standard InChI is InChI=1S/C31H63N2O6P/c1-6-8-10-12-14-16-17-19-21-23-25-31(35)32-29(28-39-40(36,37)38-27-26-33(3,4)5)30(34)24-22-20-18-15-13-11-9-7-2/h22,24,29-30,34H,6-21,23,25-28H2,1-5H3,(H-,32,35,36,37)/b24-22+. The van der Waals surface area contributed by atoms with Crippen molar-refractivity contribution < 1.29 is 32.9 Å². The molecule has 0 aromatic carbocycles. The predicted molar refractivity (Wildman–Crippen MR) is 164 cm³/mol. The van der Waals surface area contributed by atoms with Crippen LogP contribution in [0.4, 0.5) is 0 Å². The molecule has 2 N–H and O–H groups in total. The Morgan fingerprint density at radius 2 is 1.35 bits per heavy atom. The highest BCUT2D eigenvalue weighted by atomic mass is 31.2. The maximum atomic E-state index is 12.6. The lowest BCUT2D eigenvalue weighted by molar-refractivity contribution is -0.870. The van der Waals surface area contributed by atoms with E-state index in [0.717, 1.165) is 38.5 Å². The molecule has 0 aliphatic carbocycles. The number of phosphoric ester groups is 1. The van der Waals surface area contributed by atoms with Gasteiger partial charge in [0.05, 0.1) is 39.9 Å². The fourth-order valence-electron chi connectivity index (χ4n) is 4.33. The molecule has 0 aromatic heterocycles. The van der Waals surface area contributed by atoms with Gasteiger partial charge in [-0.15, -0.1) is 0 Å². The smallest absolute Gasteiger partial charge is 0.268 e. The summed E-state index contributed by atoms with van der Waals surface area (Å²) in [6, 6.07) is -0.874. The van der Waals surface area contributed by atoms with Gasteiger partial charge in [-0.2, -0.15) is 0 Å². The fourth-order valence-corrected chi connectivity index (χ4v) is 5.05. The van der Waals surface area contributed by atoms with E-state index in [1.165, 1.54) is 70.6 Å². The van der Waals surface area contributed by atoms with Crippen molar-refractivity contribution in [3.63, 3.8) is 0 Å². The van der Waals surface area contributed by atoms with Crippen molar-refractivity contribution in [2.45, 2.75) is 142 Å². The van der Waals surface area contributed by atoms with Crippen LogP contribution in [0, 0.1) is 0 Å². The Bertz CT molecular complexity index is 683. The van der Waals surface area contributed by atoms with Crippen molar-refractivity contribution in [2.75, 3.05) is 40.9 Å². The normalized spacial score (nSPS) is 15.3. The van der Waals surface area contributed by atoms with E-state index in [1.54, 1.807) is 6.08 Å². The Kier molecular flexibility index (Phi) is 24.3. The quantitative estimate of drug-likeness (QED) is 0.0457. The second kappa shape index (κ2) is 24.8. The zero-order valence-corrected chi connectivity index (χ0v) is 27.4. The largest absolute Gasteiger partial charge is 0.756 e. The summed E-state index contributed by atoms with van der Waals surface area (Å²) in [5.41, 5.74) is 0. The van der Waals surface area contributed by atoms with Gasteiger partial charge in [0, 0.05) is 6.42 Å². The average molecular weight is 591 g/mol. The summed E-state index contributed by atoms with van der Waals surface area (Å²) in [6.07, 6.45) is 22.6. The number of hydrogen-bond acceptors (Lipinski definition) is 6. The monoisotopic (exact) mass is 590 g/mol. The first-order chi connectivity index (χ1) is 19.0. The predicted octanol–water partition coefficient (Wildman–Crippen LogP) is 6.66. The van der Waals surface area contributed by atoms with Crippen LogP contribution in [0.5, 0.6) is 0 Å². The van der Waals surface area contributed by atoms with Crippen molar-refractivity contribution >= 4 is 13.7 Å². The first-order valence-electron chi connectivity index (χ1n) is 16.1. The van der Waals surface area contributed by atoms with Gasteiger partial charge in [-0.05, 0) is 19.3 Å². The van der Waals surface area contributed by atoms with Crippen LogP contribution >= 0.6 is 7.82 Å². The SMILES string of the molecule is CCCCCCCC/C=C/C(O)C(COP(=O)([O-])OCC[N+](C)(C)C)NC(=O)CCCCCCCCCCCC. The van der Waals surface area contributed by atoms with Gasteiger partial charge in [0.2, 0.25) is 5.91 Å². The number of hydrogen-bond donors (Lipinski definition) is 2. The zero-order valence-electron chi connectivity index (χ0n) is 26.5. The number of nitrogens with one attached hydrogen (secondary N) is 1. The second-order valence-corrected chi connectivity index (χ2v) is 13.6. The molecule has 3 unspecified atom stereocenters. The molecule has 9 heteroatoms. The number of unbranched alkanes of at least 4 members (excludes halogenated alkanes) is 15. The van der Waals surface area contributed by atoms with Crippen LogP contribution in [0.1, 0.15) is 129 Å². The molecule has 0 aromatic rings. The van der Waals surface area contributed by atoms with Gasteiger partial charge in [-0.1, -0.05) is 116 Å². The maximum absolute atomic E-state index is 12.6. The van der Waals surface area contributed by atoms with Gasteiger partial charge in [0.25, 0.3) is 7.82 Å². The molecule has 40 heavy (non-hydrogen) atoms. The van der Waals surface area contributed by atoms with Crippen LogP contribution in [0.2, 0.25) is 0 Å². The van der Waals surface area contributed by atoms with Crippen molar-refractivity contribution in [2.24, 2.45) is 0 Å². The molecule has 0 saturated heterocycles. The highest BCUT2D eigenvalue weighted by Gasteiger charge is 2.23. The van der Waals surface area contributed by atoms with E-state index < -0.39 is 20.0 Å².